The van der Waals surface area contributed by atoms with Crippen molar-refractivity contribution in [1.29, 1.82) is 0 Å². The van der Waals surface area contributed by atoms with Crippen LogP contribution in [0.1, 0.15) is 26.8 Å². The molecule has 0 bridgehead atoms. The molecule has 1 atom stereocenters. The van der Waals surface area contributed by atoms with Gasteiger partial charge in [0.2, 0.25) is 5.91 Å². The van der Waals surface area contributed by atoms with Crippen LogP contribution in [0.25, 0.3) is 20.7 Å². The fourth-order valence-electron chi connectivity index (χ4n) is 2.95. The van der Waals surface area contributed by atoms with Gasteiger partial charge in [-0.15, -0.1) is 11.3 Å². The molecular weight excluding hydrogens is 402 g/mol. The molecule has 29 heavy (non-hydrogen) atoms. The SMILES string of the molecule is CC(C)n1nccc1NC(=O)[C@H](C)Sc1ncnc2sc(-c3ccccc3)cc12. The highest BCUT2D eigenvalue weighted by Gasteiger charge is 2.20. The number of nitrogens with one attached hydrogen (secondary N) is 1. The predicted octanol–water partition coefficient (Wildman–Crippen LogP) is 5.26. The van der Waals surface area contributed by atoms with Crippen molar-refractivity contribution >= 4 is 45.0 Å². The zero-order valence-corrected chi connectivity index (χ0v) is 18.0. The van der Waals surface area contributed by atoms with Crippen molar-refractivity contribution in [2.45, 2.75) is 37.1 Å². The number of thiophene rings is 1. The first kappa shape index (κ1) is 19.6. The molecule has 0 saturated carbocycles. The lowest BCUT2D eigenvalue weighted by Gasteiger charge is -2.14. The lowest BCUT2D eigenvalue weighted by Crippen LogP contribution is -2.24. The zero-order valence-electron chi connectivity index (χ0n) is 16.4. The van der Waals surface area contributed by atoms with Gasteiger partial charge in [-0.3, -0.25) is 4.79 Å². The van der Waals surface area contributed by atoms with Crippen LogP contribution in [0.3, 0.4) is 0 Å². The number of carbonyl (C=O) groups excluding carboxylic acids is 1. The van der Waals surface area contributed by atoms with E-state index in [1.807, 2.05) is 45.0 Å². The summed E-state index contributed by atoms with van der Waals surface area (Å²) in [5.74, 6) is 0.620. The molecule has 0 fully saturated rings. The number of nitrogens with zero attached hydrogens (tertiary/aromatic N) is 4. The van der Waals surface area contributed by atoms with E-state index in [1.165, 1.54) is 11.8 Å². The number of carbonyl (C=O) groups is 1. The predicted molar refractivity (Wildman–Crippen MR) is 119 cm³/mol. The molecule has 4 aromatic rings. The van der Waals surface area contributed by atoms with Crippen LogP contribution in [0.15, 0.2) is 60.0 Å². The molecule has 0 radical (unpaired) electrons. The van der Waals surface area contributed by atoms with Crippen molar-refractivity contribution in [3.63, 3.8) is 0 Å². The van der Waals surface area contributed by atoms with Crippen molar-refractivity contribution in [2.24, 2.45) is 0 Å². The zero-order chi connectivity index (χ0) is 20.4. The van der Waals surface area contributed by atoms with Crippen molar-refractivity contribution in [3.8, 4) is 10.4 Å². The lowest BCUT2D eigenvalue weighted by atomic mass is 10.2. The summed E-state index contributed by atoms with van der Waals surface area (Å²) >= 11 is 3.07. The Morgan fingerprint density at radius 1 is 1.14 bits per heavy atom. The second kappa shape index (κ2) is 8.34. The van der Waals surface area contributed by atoms with E-state index in [0.717, 1.165) is 25.7 Å². The second-order valence-electron chi connectivity index (χ2n) is 6.88. The fraction of sp³-hybridized carbons (Fsp3) is 0.238. The topological polar surface area (TPSA) is 72.7 Å². The Morgan fingerprint density at radius 3 is 2.69 bits per heavy atom. The van der Waals surface area contributed by atoms with Crippen LogP contribution in [0.2, 0.25) is 0 Å². The van der Waals surface area contributed by atoms with E-state index in [4.69, 9.17) is 0 Å². The van der Waals surface area contributed by atoms with E-state index in [9.17, 15) is 4.79 Å². The molecule has 3 aromatic heterocycles. The molecule has 0 aliphatic carbocycles. The van der Waals surface area contributed by atoms with Crippen LogP contribution >= 0.6 is 23.1 Å². The normalized spacial score (nSPS) is 12.4. The highest BCUT2D eigenvalue weighted by atomic mass is 32.2. The van der Waals surface area contributed by atoms with Gasteiger partial charge in [0.05, 0.1) is 11.4 Å². The van der Waals surface area contributed by atoms with E-state index < -0.39 is 0 Å². The molecular formula is C21H21N5OS2. The molecule has 8 heteroatoms. The van der Waals surface area contributed by atoms with E-state index in [-0.39, 0.29) is 17.2 Å². The van der Waals surface area contributed by atoms with E-state index in [0.29, 0.717) is 5.82 Å². The van der Waals surface area contributed by atoms with Gasteiger partial charge in [-0.2, -0.15) is 5.10 Å². The summed E-state index contributed by atoms with van der Waals surface area (Å²) < 4.78 is 1.79. The van der Waals surface area contributed by atoms with Gasteiger partial charge in [-0.05, 0) is 32.4 Å². The molecule has 0 unspecified atom stereocenters. The van der Waals surface area contributed by atoms with E-state index in [2.05, 4.69) is 38.6 Å². The first-order valence-electron chi connectivity index (χ1n) is 9.34. The Morgan fingerprint density at radius 2 is 1.93 bits per heavy atom. The number of thioether (sulfide) groups is 1. The van der Waals surface area contributed by atoms with Crippen molar-refractivity contribution in [1.82, 2.24) is 19.7 Å². The summed E-state index contributed by atoms with van der Waals surface area (Å²) in [5, 5.41) is 8.71. The molecule has 1 amide bonds. The van der Waals surface area contributed by atoms with Crippen molar-refractivity contribution < 1.29 is 4.79 Å². The third-order valence-corrected chi connectivity index (χ3v) is 6.63. The fourth-order valence-corrected chi connectivity index (χ4v) is 4.91. The van der Waals surface area contributed by atoms with Gasteiger partial charge in [0, 0.05) is 22.4 Å². The third kappa shape index (κ3) is 4.18. The highest BCUT2D eigenvalue weighted by Crippen LogP contribution is 2.37. The maximum absolute atomic E-state index is 12.7. The lowest BCUT2D eigenvalue weighted by molar-refractivity contribution is -0.115. The number of rotatable bonds is 6. The summed E-state index contributed by atoms with van der Waals surface area (Å²) in [6.45, 7) is 5.94. The van der Waals surface area contributed by atoms with Gasteiger partial charge >= 0.3 is 0 Å². The smallest absolute Gasteiger partial charge is 0.238 e. The maximum Gasteiger partial charge on any atom is 0.238 e. The Bertz CT molecular complexity index is 1140. The largest absolute Gasteiger partial charge is 0.310 e. The van der Waals surface area contributed by atoms with Crippen LogP contribution in [-0.4, -0.2) is 30.9 Å². The molecule has 6 nitrogen and oxygen atoms in total. The number of fused-ring (bicyclic) bond motifs is 1. The van der Waals surface area contributed by atoms with Gasteiger partial charge in [0.15, 0.2) is 0 Å². The maximum atomic E-state index is 12.7. The minimum Gasteiger partial charge on any atom is -0.310 e. The quantitative estimate of drug-likeness (QED) is 0.338. The number of anilines is 1. The van der Waals surface area contributed by atoms with Gasteiger partial charge in [-0.1, -0.05) is 42.1 Å². The average molecular weight is 424 g/mol. The van der Waals surface area contributed by atoms with E-state index >= 15 is 0 Å². The standard InChI is InChI=1S/C21H21N5OS2/c1-13(2)26-18(9-10-24-26)25-19(27)14(3)28-20-16-11-17(15-7-5-4-6-8-15)29-21(16)23-12-22-20/h4-14H,1-3H3,(H,25,27)/t14-/m0/s1. The van der Waals surface area contributed by atoms with Crippen LogP contribution in [0.5, 0.6) is 0 Å². The van der Waals surface area contributed by atoms with Gasteiger partial charge < -0.3 is 5.32 Å². The minimum atomic E-state index is -0.316. The number of amides is 1. The molecule has 148 valence electrons. The molecule has 0 spiro atoms. The summed E-state index contributed by atoms with van der Waals surface area (Å²) in [6, 6.07) is 14.3. The molecule has 0 aliphatic heterocycles. The number of hydrogen-bond acceptors (Lipinski definition) is 6. The van der Waals surface area contributed by atoms with E-state index in [1.54, 1.807) is 28.5 Å². The van der Waals surface area contributed by atoms with Crippen molar-refractivity contribution in [2.75, 3.05) is 5.32 Å². The molecule has 3 heterocycles. The highest BCUT2D eigenvalue weighted by molar-refractivity contribution is 8.00. The van der Waals surface area contributed by atoms with Gasteiger partial charge in [0.1, 0.15) is 22.0 Å². The Hall–Kier alpha value is -2.71. The van der Waals surface area contributed by atoms with Crippen LogP contribution in [0, 0.1) is 0 Å². The van der Waals surface area contributed by atoms with Crippen LogP contribution in [-0.2, 0) is 4.79 Å². The average Bonchev–Trinajstić information content (AvgIpc) is 3.36. The Kier molecular flexibility index (Phi) is 5.64. The first-order valence-corrected chi connectivity index (χ1v) is 11.0. The van der Waals surface area contributed by atoms with Crippen LogP contribution in [0.4, 0.5) is 5.82 Å². The Balaban J connectivity index is 1.55. The summed E-state index contributed by atoms with van der Waals surface area (Å²) in [5.41, 5.74) is 1.15. The molecule has 1 N–H and O–H groups in total. The first-order chi connectivity index (χ1) is 14.0. The van der Waals surface area contributed by atoms with Crippen LogP contribution < -0.4 is 5.32 Å². The molecule has 0 aliphatic rings. The number of hydrogen-bond donors (Lipinski definition) is 1. The van der Waals surface area contributed by atoms with Crippen molar-refractivity contribution in [3.05, 3.63) is 55.0 Å². The molecule has 0 saturated heterocycles. The van der Waals surface area contributed by atoms with Gasteiger partial charge in [-0.25, -0.2) is 14.6 Å². The Labute approximate surface area is 177 Å². The summed E-state index contributed by atoms with van der Waals surface area (Å²) in [6.07, 6.45) is 3.26. The number of benzene rings is 1. The van der Waals surface area contributed by atoms with Gasteiger partial charge in [0.25, 0.3) is 0 Å². The number of aromatic nitrogens is 4. The second-order valence-corrected chi connectivity index (χ2v) is 9.24. The minimum absolute atomic E-state index is 0.0809. The summed E-state index contributed by atoms with van der Waals surface area (Å²) in [4.78, 5) is 23.7. The molecule has 1 aromatic carbocycles. The summed E-state index contributed by atoms with van der Waals surface area (Å²) in [7, 11) is 0. The molecule has 4 rings (SSSR count). The monoisotopic (exact) mass is 423 g/mol. The third-order valence-electron chi connectivity index (χ3n) is 4.42.